The van der Waals surface area contributed by atoms with Crippen LogP contribution in [0.5, 0.6) is 5.75 Å². The van der Waals surface area contributed by atoms with Crippen LogP contribution in [0.3, 0.4) is 0 Å². The highest BCUT2D eigenvalue weighted by Gasteiger charge is 2.20. The summed E-state index contributed by atoms with van der Waals surface area (Å²) in [5.41, 5.74) is 5.26. The highest BCUT2D eigenvalue weighted by molar-refractivity contribution is 5.82. The third-order valence-corrected chi connectivity index (χ3v) is 4.71. The van der Waals surface area contributed by atoms with E-state index in [1.165, 1.54) is 0 Å². The Kier molecular flexibility index (Phi) is 4.73. The van der Waals surface area contributed by atoms with Gasteiger partial charge in [-0.15, -0.1) is 0 Å². The molecule has 1 aliphatic rings. The number of nitrogens with zero attached hydrogens (tertiary/aromatic N) is 3. The van der Waals surface area contributed by atoms with Gasteiger partial charge in [0.25, 0.3) is 0 Å². The van der Waals surface area contributed by atoms with Crippen molar-refractivity contribution in [2.75, 3.05) is 0 Å². The van der Waals surface area contributed by atoms with Gasteiger partial charge in [-0.25, -0.2) is 0 Å². The first-order valence-electron chi connectivity index (χ1n) is 8.97. The van der Waals surface area contributed by atoms with E-state index in [1.807, 2.05) is 35.0 Å². The number of carbonyl (C=O) groups excluding carboxylic acids is 1. The second kappa shape index (κ2) is 7.32. The van der Waals surface area contributed by atoms with Crippen LogP contribution in [0, 0.1) is 0 Å². The van der Waals surface area contributed by atoms with Gasteiger partial charge < -0.3 is 9.47 Å². The zero-order chi connectivity index (χ0) is 18.8. The molecule has 138 valence electrons. The summed E-state index contributed by atoms with van der Waals surface area (Å²) in [6.07, 6.45) is 4.39. The highest BCUT2D eigenvalue weighted by atomic mass is 16.5. The van der Waals surface area contributed by atoms with Gasteiger partial charge in [0, 0.05) is 24.0 Å². The average molecular weight is 363 g/mol. The smallest absolute Gasteiger partial charge is 0.154 e. The first-order chi connectivity index (χ1) is 13.2. The van der Waals surface area contributed by atoms with E-state index in [0.29, 0.717) is 31.1 Å². The van der Waals surface area contributed by atoms with Crippen LogP contribution in [0.25, 0.3) is 11.4 Å². The molecule has 0 saturated carbocycles. The summed E-state index contributed by atoms with van der Waals surface area (Å²) in [5.74, 6) is 0.571. The molecule has 0 fully saturated rings. The Labute approximate surface area is 157 Å². The predicted octanol–water partition coefficient (Wildman–Crippen LogP) is 3.95. The van der Waals surface area contributed by atoms with Gasteiger partial charge in [0.1, 0.15) is 12.4 Å². The summed E-state index contributed by atoms with van der Waals surface area (Å²) in [6, 6.07) is 9.85. The van der Waals surface area contributed by atoms with Crippen LogP contribution in [0.15, 0.2) is 42.7 Å². The minimum absolute atomic E-state index is 0.226. The van der Waals surface area contributed by atoms with Gasteiger partial charge in [-0.05, 0) is 43.2 Å². The zero-order valence-electron chi connectivity index (χ0n) is 15.4. The van der Waals surface area contributed by atoms with Crippen molar-refractivity contribution in [3.8, 4) is 17.1 Å². The molecule has 0 spiro atoms. The van der Waals surface area contributed by atoms with Crippen molar-refractivity contribution >= 4 is 6.29 Å². The fourth-order valence-electron chi connectivity index (χ4n) is 3.37. The van der Waals surface area contributed by atoms with Crippen LogP contribution in [-0.4, -0.2) is 21.1 Å². The van der Waals surface area contributed by atoms with E-state index in [-0.39, 0.29) is 6.04 Å². The quantitative estimate of drug-likeness (QED) is 0.621. The van der Waals surface area contributed by atoms with Crippen LogP contribution < -0.4 is 4.74 Å². The number of pyridine rings is 1. The Bertz CT molecular complexity index is 979. The first kappa shape index (κ1) is 17.4. The Morgan fingerprint density at radius 2 is 2.11 bits per heavy atom. The number of hydrogen-bond donors (Lipinski definition) is 0. The lowest BCUT2D eigenvalue weighted by atomic mass is 10.0. The number of rotatable bonds is 6. The molecule has 0 atom stereocenters. The third kappa shape index (κ3) is 3.24. The van der Waals surface area contributed by atoms with E-state index in [9.17, 15) is 4.79 Å². The van der Waals surface area contributed by atoms with Crippen molar-refractivity contribution in [2.45, 2.75) is 39.7 Å². The molecule has 0 N–H and O–H groups in total. The number of hydrogen-bond acceptors (Lipinski definition) is 5. The van der Waals surface area contributed by atoms with Crippen LogP contribution in [-0.2, 0) is 24.6 Å². The molecule has 6 nitrogen and oxygen atoms in total. The molecule has 0 amide bonds. The summed E-state index contributed by atoms with van der Waals surface area (Å²) >= 11 is 0. The number of aromatic nitrogens is 3. The molecule has 1 aliphatic heterocycles. The fraction of sp³-hybridized carbons (Fsp3) is 0.286. The molecule has 2 aromatic heterocycles. The van der Waals surface area contributed by atoms with E-state index < -0.39 is 0 Å². The molecule has 0 saturated heterocycles. The van der Waals surface area contributed by atoms with Gasteiger partial charge >= 0.3 is 0 Å². The number of carbonyl (C=O) groups is 1. The van der Waals surface area contributed by atoms with Gasteiger partial charge in [0.15, 0.2) is 6.29 Å². The summed E-state index contributed by atoms with van der Waals surface area (Å²) < 4.78 is 13.4. The van der Waals surface area contributed by atoms with Crippen molar-refractivity contribution in [1.82, 2.24) is 14.8 Å². The average Bonchev–Trinajstić information content (AvgIpc) is 3.35. The minimum atomic E-state index is 0.226. The molecule has 0 bridgehead atoms. The highest BCUT2D eigenvalue weighted by Crippen LogP contribution is 2.31. The standard InChI is InChI=1S/C21H21N3O3/c1-14(2)24-19(7-9-23-24)21-16(4-3-8-22-21)12-27-20-6-5-15-11-26-13-18(15)17(20)10-25/h3-10,14H,11-13H2,1-2H3. The third-order valence-electron chi connectivity index (χ3n) is 4.71. The lowest BCUT2D eigenvalue weighted by Crippen LogP contribution is -2.08. The second-order valence-electron chi connectivity index (χ2n) is 6.78. The van der Waals surface area contributed by atoms with Crippen molar-refractivity contribution < 1.29 is 14.3 Å². The summed E-state index contributed by atoms with van der Waals surface area (Å²) in [5, 5.41) is 4.39. The maximum Gasteiger partial charge on any atom is 0.154 e. The Morgan fingerprint density at radius 1 is 1.22 bits per heavy atom. The Balaban J connectivity index is 1.64. The number of aldehydes is 1. The number of ether oxygens (including phenoxy) is 2. The molecule has 0 unspecified atom stereocenters. The molecule has 1 aromatic carbocycles. The molecule has 4 rings (SSSR count). The Morgan fingerprint density at radius 3 is 2.93 bits per heavy atom. The predicted molar refractivity (Wildman–Crippen MR) is 100 cm³/mol. The second-order valence-corrected chi connectivity index (χ2v) is 6.78. The number of fused-ring (bicyclic) bond motifs is 1. The maximum absolute atomic E-state index is 11.6. The van der Waals surface area contributed by atoms with Crippen molar-refractivity contribution in [1.29, 1.82) is 0 Å². The molecule has 6 heteroatoms. The molecule has 3 heterocycles. The van der Waals surface area contributed by atoms with Gasteiger partial charge in [0.05, 0.1) is 30.2 Å². The van der Waals surface area contributed by atoms with Gasteiger partial charge in [-0.3, -0.25) is 14.5 Å². The molecule has 0 radical (unpaired) electrons. The zero-order valence-corrected chi connectivity index (χ0v) is 15.4. The van der Waals surface area contributed by atoms with Crippen LogP contribution in [0.1, 0.15) is 46.9 Å². The largest absolute Gasteiger partial charge is 0.488 e. The van der Waals surface area contributed by atoms with E-state index >= 15 is 0 Å². The summed E-state index contributed by atoms with van der Waals surface area (Å²) in [7, 11) is 0. The van der Waals surface area contributed by atoms with Crippen LogP contribution >= 0.6 is 0 Å². The van der Waals surface area contributed by atoms with E-state index in [1.54, 1.807) is 12.4 Å². The van der Waals surface area contributed by atoms with Gasteiger partial charge in [-0.2, -0.15) is 5.10 Å². The summed E-state index contributed by atoms with van der Waals surface area (Å²) in [6.45, 7) is 5.47. The monoisotopic (exact) mass is 363 g/mol. The molecule has 0 aliphatic carbocycles. The minimum Gasteiger partial charge on any atom is -0.488 e. The summed E-state index contributed by atoms with van der Waals surface area (Å²) in [4.78, 5) is 16.2. The van der Waals surface area contributed by atoms with E-state index in [4.69, 9.17) is 9.47 Å². The lowest BCUT2D eigenvalue weighted by Gasteiger charge is -2.15. The molecular formula is C21H21N3O3. The fourth-order valence-corrected chi connectivity index (χ4v) is 3.37. The normalized spacial score (nSPS) is 13.0. The van der Waals surface area contributed by atoms with E-state index in [0.717, 1.165) is 34.4 Å². The maximum atomic E-state index is 11.6. The molecule has 3 aromatic rings. The van der Waals surface area contributed by atoms with Crippen molar-refractivity contribution in [3.05, 3.63) is 65.0 Å². The Hall–Kier alpha value is -2.99. The lowest BCUT2D eigenvalue weighted by molar-refractivity contribution is 0.111. The van der Waals surface area contributed by atoms with E-state index in [2.05, 4.69) is 23.9 Å². The SMILES string of the molecule is CC(C)n1nccc1-c1ncccc1COc1ccc2c(c1C=O)COC2. The first-order valence-corrected chi connectivity index (χ1v) is 8.97. The van der Waals surface area contributed by atoms with Gasteiger partial charge in [-0.1, -0.05) is 12.1 Å². The van der Waals surface area contributed by atoms with Crippen LogP contribution in [0.2, 0.25) is 0 Å². The van der Waals surface area contributed by atoms with Crippen LogP contribution in [0.4, 0.5) is 0 Å². The topological polar surface area (TPSA) is 66.2 Å². The van der Waals surface area contributed by atoms with Crippen molar-refractivity contribution in [3.63, 3.8) is 0 Å². The molecular weight excluding hydrogens is 342 g/mol. The molecule has 27 heavy (non-hydrogen) atoms. The number of benzene rings is 1. The van der Waals surface area contributed by atoms with Gasteiger partial charge in [0.2, 0.25) is 0 Å². The van der Waals surface area contributed by atoms with Crippen molar-refractivity contribution in [2.24, 2.45) is 0 Å².